The first-order valence-electron chi connectivity index (χ1n) is 7.51. The fraction of sp³-hybridized carbons (Fsp3) is 0.211. The number of rotatable bonds is 4. The summed E-state index contributed by atoms with van der Waals surface area (Å²) in [6.07, 6.45) is 0. The van der Waals surface area contributed by atoms with Crippen molar-refractivity contribution in [2.75, 3.05) is 17.3 Å². The standard InChI is InChI=1S/C19H19N3O2/c1-19(2,18(24)22(3)16-7-5-4-6-8-16)17(23)21-15-11-9-14(13-20)10-12-15/h4-12H,1-3H3,(H,21,23). The van der Waals surface area contributed by atoms with Gasteiger partial charge < -0.3 is 10.2 Å². The minimum Gasteiger partial charge on any atom is -0.325 e. The summed E-state index contributed by atoms with van der Waals surface area (Å²) in [4.78, 5) is 26.7. The molecule has 0 atom stereocenters. The van der Waals surface area contributed by atoms with E-state index in [0.29, 0.717) is 11.3 Å². The largest absolute Gasteiger partial charge is 0.325 e. The highest BCUT2D eigenvalue weighted by Crippen LogP contribution is 2.24. The van der Waals surface area contributed by atoms with E-state index in [9.17, 15) is 9.59 Å². The van der Waals surface area contributed by atoms with Crippen LogP contribution in [0.25, 0.3) is 0 Å². The Hall–Kier alpha value is -3.13. The molecule has 0 saturated heterocycles. The fourth-order valence-electron chi connectivity index (χ4n) is 2.20. The van der Waals surface area contributed by atoms with Crippen LogP contribution in [0, 0.1) is 16.7 Å². The Kier molecular flexibility index (Phi) is 5.00. The van der Waals surface area contributed by atoms with Crippen LogP contribution in [-0.4, -0.2) is 18.9 Å². The third kappa shape index (κ3) is 3.61. The first kappa shape index (κ1) is 17.2. The number of para-hydroxylation sites is 1. The van der Waals surface area contributed by atoms with Crippen LogP contribution >= 0.6 is 0 Å². The third-order valence-electron chi connectivity index (χ3n) is 3.82. The molecular formula is C19H19N3O2. The third-order valence-corrected chi connectivity index (χ3v) is 3.82. The molecule has 0 aromatic heterocycles. The van der Waals surface area contributed by atoms with Gasteiger partial charge in [0.15, 0.2) is 0 Å². The average molecular weight is 321 g/mol. The van der Waals surface area contributed by atoms with Crippen LogP contribution in [0.5, 0.6) is 0 Å². The molecule has 0 aliphatic heterocycles. The molecule has 122 valence electrons. The van der Waals surface area contributed by atoms with Gasteiger partial charge in [-0.15, -0.1) is 0 Å². The lowest BCUT2D eigenvalue weighted by Crippen LogP contribution is -2.46. The molecule has 0 spiro atoms. The number of nitrogens with zero attached hydrogens (tertiary/aromatic N) is 2. The smallest absolute Gasteiger partial charge is 0.241 e. The fourth-order valence-corrected chi connectivity index (χ4v) is 2.20. The van der Waals surface area contributed by atoms with Crippen molar-refractivity contribution in [2.45, 2.75) is 13.8 Å². The molecule has 5 nitrogen and oxygen atoms in total. The van der Waals surface area contributed by atoms with Crippen molar-refractivity contribution in [3.8, 4) is 6.07 Å². The quantitative estimate of drug-likeness (QED) is 0.879. The summed E-state index contributed by atoms with van der Waals surface area (Å²) in [5, 5.41) is 11.5. The van der Waals surface area contributed by atoms with Crippen molar-refractivity contribution in [3.63, 3.8) is 0 Å². The maximum atomic E-state index is 12.7. The summed E-state index contributed by atoms with van der Waals surface area (Å²) < 4.78 is 0. The van der Waals surface area contributed by atoms with Gasteiger partial charge in [0.2, 0.25) is 11.8 Å². The molecule has 24 heavy (non-hydrogen) atoms. The molecule has 5 heteroatoms. The Morgan fingerprint density at radius 2 is 1.62 bits per heavy atom. The first-order chi connectivity index (χ1) is 11.4. The molecule has 0 heterocycles. The van der Waals surface area contributed by atoms with Gasteiger partial charge in [0.1, 0.15) is 5.41 Å². The van der Waals surface area contributed by atoms with Gasteiger partial charge in [0.05, 0.1) is 11.6 Å². The van der Waals surface area contributed by atoms with Crippen molar-refractivity contribution in [1.29, 1.82) is 5.26 Å². The van der Waals surface area contributed by atoms with Crippen LogP contribution in [0.1, 0.15) is 19.4 Å². The molecule has 0 unspecified atom stereocenters. The van der Waals surface area contributed by atoms with E-state index in [2.05, 4.69) is 5.32 Å². The maximum Gasteiger partial charge on any atom is 0.241 e. The Morgan fingerprint density at radius 3 is 2.17 bits per heavy atom. The zero-order valence-electron chi connectivity index (χ0n) is 13.9. The van der Waals surface area contributed by atoms with E-state index < -0.39 is 11.3 Å². The van der Waals surface area contributed by atoms with Gasteiger partial charge in [-0.25, -0.2) is 0 Å². The Balaban J connectivity index is 2.14. The van der Waals surface area contributed by atoms with E-state index in [1.165, 1.54) is 4.90 Å². The molecule has 0 aliphatic rings. The number of amides is 2. The van der Waals surface area contributed by atoms with Gasteiger partial charge in [0.25, 0.3) is 0 Å². The Morgan fingerprint density at radius 1 is 1.04 bits per heavy atom. The van der Waals surface area contributed by atoms with Gasteiger partial charge in [-0.05, 0) is 50.2 Å². The van der Waals surface area contributed by atoms with Crippen LogP contribution in [0.4, 0.5) is 11.4 Å². The summed E-state index contributed by atoms with van der Waals surface area (Å²) in [5.74, 6) is -0.708. The lowest BCUT2D eigenvalue weighted by molar-refractivity contribution is -0.136. The molecule has 2 amide bonds. The van der Waals surface area contributed by atoms with Crippen LogP contribution < -0.4 is 10.2 Å². The monoisotopic (exact) mass is 321 g/mol. The van der Waals surface area contributed by atoms with Crippen LogP contribution in [0.2, 0.25) is 0 Å². The number of hydrogen-bond acceptors (Lipinski definition) is 3. The van der Waals surface area contributed by atoms with Gasteiger partial charge in [-0.2, -0.15) is 5.26 Å². The topological polar surface area (TPSA) is 73.2 Å². The highest BCUT2D eigenvalue weighted by Gasteiger charge is 2.38. The van der Waals surface area contributed by atoms with Gasteiger partial charge in [-0.3, -0.25) is 9.59 Å². The highest BCUT2D eigenvalue weighted by molar-refractivity contribution is 6.14. The summed E-state index contributed by atoms with van der Waals surface area (Å²) in [6, 6.07) is 17.7. The summed E-state index contributed by atoms with van der Waals surface area (Å²) in [7, 11) is 1.65. The zero-order valence-corrected chi connectivity index (χ0v) is 13.9. The molecular weight excluding hydrogens is 302 g/mol. The molecule has 0 bridgehead atoms. The van der Waals surface area contributed by atoms with E-state index in [-0.39, 0.29) is 5.91 Å². The lowest BCUT2D eigenvalue weighted by Gasteiger charge is -2.28. The summed E-state index contributed by atoms with van der Waals surface area (Å²) in [6.45, 7) is 3.18. The zero-order chi connectivity index (χ0) is 17.7. The van der Waals surface area contributed by atoms with E-state index in [4.69, 9.17) is 5.26 Å². The Bertz CT molecular complexity index is 775. The molecule has 2 rings (SSSR count). The highest BCUT2D eigenvalue weighted by atomic mass is 16.2. The van der Waals surface area contributed by atoms with Gasteiger partial charge in [-0.1, -0.05) is 18.2 Å². The van der Waals surface area contributed by atoms with Crippen LogP contribution in [0.3, 0.4) is 0 Å². The van der Waals surface area contributed by atoms with Crippen molar-refractivity contribution in [2.24, 2.45) is 5.41 Å². The first-order valence-corrected chi connectivity index (χ1v) is 7.51. The number of nitrogens with one attached hydrogen (secondary N) is 1. The molecule has 2 aromatic carbocycles. The van der Waals surface area contributed by atoms with E-state index >= 15 is 0 Å². The number of carbonyl (C=O) groups excluding carboxylic acids is 2. The van der Waals surface area contributed by atoms with E-state index in [1.54, 1.807) is 45.2 Å². The van der Waals surface area contributed by atoms with E-state index in [1.807, 2.05) is 36.4 Å². The van der Waals surface area contributed by atoms with Crippen molar-refractivity contribution in [3.05, 3.63) is 60.2 Å². The summed E-state index contributed by atoms with van der Waals surface area (Å²) in [5.41, 5.74) is 0.537. The predicted octanol–water partition coefficient (Wildman–Crippen LogP) is 3.19. The minimum absolute atomic E-state index is 0.306. The lowest BCUT2D eigenvalue weighted by atomic mass is 9.90. The second kappa shape index (κ2) is 6.97. The number of carbonyl (C=O) groups is 2. The minimum atomic E-state index is -1.24. The second-order valence-corrected chi connectivity index (χ2v) is 5.97. The van der Waals surface area contributed by atoms with Crippen molar-refractivity contribution in [1.82, 2.24) is 0 Å². The van der Waals surface area contributed by atoms with Crippen LogP contribution in [-0.2, 0) is 9.59 Å². The molecule has 0 fully saturated rings. The molecule has 0 aliphatic carbocycles. The van der Waals surface area contributed by atoms with Gasteiger partial charge in [0, 0.05) is 18.4 Å². The maximum absolute atomic E-state index is 12.7. The second-order valence-electron chi connectivity index (χ2n) is 5.97. The summed E-state index contributed by atoms with van der Waals surface area (Å²) >= 11 is 0. The molecule has 1 N–H and O–H groups in total. The molecule has 2 aromatic rings. The molecule has 0 radical (unpaired) electrons. The molecule has 0 saturated carbocycles. The van der Waals surface area contributed by atoms with E-state index in [0.717, 1.165) is 5.69 Å². The van der Waals surface area contributed by atoms with Crippen molar-refractivity contribution < 1.29 is 9.59 Å². The van der Waals surface area contributed by atoms with Crippen LogP contribution in [0.15, 0.2) is 54.6 Å². The number of benzene rings is 2. The predicted molar refractivity (Wildman–Crippen MR) is 93.4 cm³/mol. The average Bonchev–Trinajstić information content (AvgIpc) is 2.61. The van der Waals surface area contributed by atoms with Gasteiger partial charge >= 0.3 is 0 Å². The van der Waals surface area contributed by atoms with Crippen molar-refractivity contribution >= 4 is 23.2 Å². The normalized spacial score (nSPS) is 10.6. The number of nitriles is 1. The SMILES string of the molecule is CN(C(=O)C(C)(C)C(=O)Nc1ccc(C#N)cc1)c1ccccc1. The number of anilines is 2. The number of hydrogen-bond donors (Lipinski definition) is 1. The Labute approximate surface area is 141 Å².